The Hall–Kier alpha value is -3.74. The van der Waals surface area contributed by atoms with Crippen molar-refractivity contribution >= 4 is 28.5 Å². The summed E-state index contributed by atoms with van der Waals surface area (Å²) in [5.74, 6) is -0.386. The van der Waals surface area contributed by atoms with Crippen molar-refractivity contribution in [2.75, 3.05) is 5.32 Å². The van der Waals surface area contributed by atoms with Crippen LogP contribution in [0.3, 0.4) is 0 Å². The fraction of sp³-hybridized carbons (Fsp3) is 0.0526. The molecule has 0 fully saturated rings. The van der Waals surface area contributed by atoms with E-state index in [2.05, 4.69) is 15.3 Å². The van der Waals surface area contributed by atoms with E-state index in [1.807, 2.05) is 24.3 Å². The second-order valence-electron chi connectivity index (χ2n) is 5.77. The molecule has 0 saturated heterocycles. The van der Waals surface area contributed by atoms with Gasteiger partial charge in [0.15, 0.2) is 5.82 Å². The van der Waals surface area contributed by atoms with Crippen LogP contribution in [0.1, 0.15) is 21.0 Å². The van der Waals surface area contributed by atoms with Crippen molar-refractivity contribution in [2.45, 2.75) is 0 Å². The Kier molecular flexibility index (Phi) is 3.81. The molecule has 2 heterocycles. The largest absolute Gasteiger partial charge is 0.330 e. The maximum Gasteiger partial charge on any atom is 0.291 e. The Labute approximate surface area is 148 Å². The van der Waals surface area contributed by atoms with Crippen LogP contribution in [0, 0.1) is 0 Å². The maximum atomic E-state index is 13.0. The van der Waals surface area contributed by atoms with Crippen molar-refractivity contribution in [1.82, 2.24) is 19.1 Å². The summed E-state index contributed by atoms with van der Waals surface area (Å²) in [7, 11) is 1.73. The van der Waals surface area contributed by atoms with Gasteiger partial charge < -0.3 is 9.88 Å². The zero-order valence-electron chi connectivity index (χ0n) is 14.0. The van der Waals surface area contributed by atoms with Crippen LogP contribution in [-0.2, 0) is 7.05 Å². The summed E-state index contributed by atoms with van der Waals surface area (Å²) >= 11 is 0. The van der Waals surface area contributed by atoms with Crippen molar-refractivity contribution < 1.29 is 9.59 Å². The molecule has 0 aliphatic heterocycles. The zero-order chi connectivity index (χ0) is 18.1. The monoisotopic (exact) mass is 345 g/mol. The van der Waals surface area contributed by atoms with Gasteiger partial charge in [-0.05, 0) is 24.3 Å². The Morgan fingerprint density at radius 1 is 1.00 bits per heavy atom. The van der Waals surface area contributed by atoms with Crippen molar-refractivity contribution in [3.05, 3.63) is 78.6 Å². The van der Waals surface area contributed by atoms with Crippen LogP contribution >= 0.6 is 0 Å². The number of carbonyl (C=O) groups excluding carboxylic acids is 2. The SMILES string of the molecule is Cn1ccnc1C(=O)Nc1ccccc1C(=O)n1cnc2ccccc21. The predicted molar refractivity (Wildman–Crippen MR) is 97.1 cm³/mol. The number of benzene rings is 2. The molecule has 0 saturated carbocycles. The van der Waals surface area contributed by atoms with E-state index in [4.69, 9.17) is 0 Å². The predicted octanol–water partition coefficient (Wildman–Crippen LogP) is 2.71. The minimum Gasteiger partial charge on any atom is -0.330 e. The van der Waals surface area contributed by atoms with E-state index >= 15 is 0 Å². The van der Waals surface area contributed by atoms with Crippen LogP contribution in [0.15, 0.2) is 67.3 Å². The molecule has 1 N–H and O–H groups in total. The highest BCUT2D eigenvalue weighted by molar-refractivity contribution is 6.09. The molecule has 0 radical (unpaired) electrons. The molecule has 128 valence electrons. The highest BCUT2D eigenvalue weighted by Gasteiger charge is 2.18. The van der Waals surface area contributed by atoms with Gasteiger partial charge >= 0.3 is 0 Å². The zero-order valence-corrected chi connectivity index (χ0v) is 14.0. The van der Waals surface area contributed by atoms with Gasteiger partial charge in [0.25, 0.3) is 11.8 Å². The van der Waals surface area contributed by atoms with Crippen LogP contribution in [0.25, 0.3) is 11.0 Å². The topological polar surface area (TPSA) is 81.8 Å². The summed E-state index contributed by atoms with van der Waals surface area (Å²) in [5.41, 5.74) is 2.24. The van der Waals surface area contributed by atoms with Crippen molar-refractivity contribution in [2.24, 2.45) is 7.05 Å². The number of amides is 1. The molecule has 7 nitrogen and oxygen atoms in total. The van der Waals surface area contributed by atoms with Crippen molar-refractivity contribution in [3.63, 3.8) is 0 Å². The molecule has 0 atom stereocenters. The summed E-state index contributed by atoms with van der Waals surface area (Å²) in [6, 6.07) is 14.3. The van der Waals surface area contributed by atoms with E-state index in [0.717, 1.165) is 5.52 Å². The molecular weight excluding hydrogens is 330 g/mol. The van der Waals surface area contributed by atoms with Crippen molar-refractivity contribution in [1.29, 1.82) is 0 Å². The lowest BCUT2D eigenvalue weighted by Crippen LogP contribution is -2.20. The molecule has 0 bridgehead atoms. The van der Waals surface area contributed by atoms with E-state index in [9.17, 15) is 9.59 Å². The number of para-hydroxylation sites is 3. The second-order valence-corrected chi connectivity index (χ2v) is 5.77. The van der Waals surface area contributed by atoms with Gasteiger partial charge in [0.2, 0.25) is 0 Å². The summed E-state index contributed by atoms with van der Waals surface area (Å²) < 4.78 is 3.09. The van der Waals surface area contributed by atoms with Gasteiger partial charge in [-0.1, -0.05) is 24.3 Å². The summed E-state index contributed by atoms with van der Waals surface area (Å²) in [4.78, 5) is 33.8. The van der Waals surface area contributed by atoms with E-state index in [0.29, 0.717) is 16.8 Å². The molecular formula is C19H15N5O2. The number of hydrogen-bond donors (Lipinski definition) is 1. The van der Waals surface area contributed by atoms with Crippen LogP contribution in [0.5, 0.6) is 0 Å². The number of imidazole rings is 2. The van der Waals surface area contributed by atoms with E-state index < -0.39 is 0 Å². The van der Waals surface area contributed by atoms with Gasteiger partial charge in [0.05, 0.1) is 22.3 Å². The standard InChI is InChI=1S/C19H15N5O2/c1-23-11-10-20-17(23)18(25)22-14-7-3-2-6-13(14)19(26)24-12-21-15-8-4-5-9-16(15)24/h2-12H,1H3,(H,22,25). The highest BCUT2D eigenvalue weighted by atomic mass is 16.2. The van der Waals surface area contributed by atoms with E-state index in [-0.39, 0.29) is 17.6 Å². The lowest BCUT2D eigenvalue weighted by Gasteiger charge is -2.11. The lowest BCUT2D eigenvalue weighted by molar-refractivity contribution is 0.0965. The molecule has 0 aliphatic carbocycles. The third kappa shape index (κ3) is 2.65. The highest BCUT2D eigenvalue weighted by Crippen LogP contribution is 2.20. The summed E-state index contributed by atoms with van der Waals surface area (Å²) in [5, 5.41) is 2.77. The van der Waals surface area contributed by atoms with Gasteiger partial charge in [-0.15, -0.1) is 0 Å². The van der Waals surface area contributed by atoms with E-state index in [1.165, 1.54) is 10.9 Å². The Morgan fingerprint density at radius 3 is 2.58 bits per heavy atom. The molecule has 0 spiro atoms. The normalized spacial score (nSPS) is 10.8. The first kappa shape index (κ1) is 15.8. The van der Waals surface area contributed by atoms with Gasteiger partial charge in [0.1, 0.15) is 6.33 Å². The molecule has 7 heteroatoms. The lowest BCUT2D eigenvalue weighted by atomic mass is 10.1. The molecule has 1 amide bonds. The number of aromatic nitrogens is 4. The number of nitrogens with zero attached hydrogens (tertiary/aromatic N) is 4. The number of nitrogens with one attached hydrogen (secondary N) is 1. The first-order valence-electron chi connectivity index (χ1n) is 7.99. The molecule has 26 heavy (non-hydrogen) atoms. The Bertz CT molecular complexity index is 1130. The summed E-state index contributed by atoms with van der Waals surface area (Å²) in [6.07, 6.45) is 4.72. The molecule has 0 aliphatic rings. The third-order valence-corrected chi connectivity index (χ3v) is 4.10. The van der Waals surface area contributed by atoms with Crippen LogP contribution in [0.2, 0.25) is 0 Å². The number of rotatable bonds is 3. The number of carbonyl (C=O) groups is 2. The van der Waals surface area contributed by atoms with Crippen molar-refractivity contribution in [3.8, 4) is 0 Å². The summed E-state index contributed by atoms with van der Waals surface area (Å²) in [6.45, 7) is 0. The number of anilines is 1. The Morgan fingerprint density at radius 2 is 1.77 bits per heavy atom. The van der Waals surface area contributed by atoms with Gasteiger partial charge in [-0.3, -0.25) is 14.2 Å². The molecule has 2 aromatic heterocycles. The maximum absolute atomic E-state index is 13.0. The Balaban J connectivity index is 1.71. The molecule has 2 aromatic carbocycles. The van der Waals surface area contributed by atoms with Crippen LogP contribution in [0.4, 0.5) is 5.69 Å². The van der Waals surface area contributed by atoms with Crippen LogP contribution in [-0.4, -0.2) is 30.9 Å². The minimum atomic E-state index is -0.381. The van der Waals surface area contributed by atoms with Gasteiger partial charge in [-0.2, -0.15) is 0 Å². The fourth-order valence-electron chi connectivity index (χ4n) is 2.79. The molecule has 4 rings (SSSR count). The molecule has 0 unspecified atom stereocenters. The average Bonchev–Trinajstić information content (AvgIpc) is 3.28. The van der Waals surface area contributed by atoms with E-state index in [1.54, 1.807) is 48.3 Å². The van der Waals surface area contributed by atoms with Crippen LogP contribution < -0.4 is 5.32 Å². The first-order chi connectivity index (χ1) is 12.6. The quantitative estimate of drug-likeness (QED) is 0.619. The smallest absolute Gasteiger partial charge is 0.291 e. The fourth-order valence-corrected chi connectivity index (χ4v) is 2.79. The number of fused-ring (bicyclic) bond motifs is 1. The average molecular weight is 345 g/mol. The first-order valence-corrected chi connectivity index (χ1v) is 7.99. The number of hydrogen-bond acceptors (Lipinski definition) is 4. The van der Waals surface area contributed by atoms with Gasteiger partial charge in [-0.25, -0.2) is 9.97 Å². The number of aryl methyl sites for hydroxylation is 1. The third-order valence-electron chi connectivity index (χ3n) is 4.10. The molecule has 4 aromatic rings. The second kappa shape index (κ2) is 6.29. The van der Waals surface area contributed by atoms with Gasteiger partial charge in [0, 0.05) is 19.4 Å². The minimum absolute atomic E-state index is 0.264.